The Morgan fingerprint density at radius 1 is 1.44 bits per heavy atom. The topological polar surface area (TPSA) is 66.0 Å². The van der Waals surface area contributed by atoms with Gasteiger partial charge in [0.2, 0.25) is 0 Å². The third-order valence-corrected chi connectivity index (χ3v) is 2.60. The molecule has 0 amide bonds. The second kappa shape index (κ2) is 5.59. The van der Waals surface area contributed by atoms with Gasteiger partial charge in [0.05, 0.1) is 0 Å². The van der Waals surface area contributed by atoms with Crippen LogP contribution in [0.3, 0.4) is 0 Å². The highest BCUT2D eigenvalue weighted by atomic mass is 19.1. The summed E-state index contributed by atoms with van der Waals surface area (Å²) < 4.78 is 20.4. The Hall–Kier alpha value is -1.95. The molecule has 0 saturated heterocycles. The number of aromatic nitrogens is 3. The molecule has 6 heteroatoms. The molecule has 5 nitrogen and oxygen atoms in total. The molecule has 0 aliphatic rings. The van der Waals surface area contributed by atoms with Crippen LogP contribution in [0.15, 0.2) is 24.5 Å². The van der Waals surface area contributed by atoms with Gasteiger partial charge in [0.25, 0.3) is 0 Å². The van der Waals surface area contributed by atoms with E-state index < -0.39 is 0 Å². The number of halogens is 1. The minimum Gasteiger partial charge on any atom is -0.485 e. The van der Waals surface area contributed by atoms with Gasteiger partial charge in [-0.05, 0) is 36.7 Å². The summed E-state index contributed by atoms with van der Waals surface area (Å²) in [4.78, 5) is 4.05. The average Bonchev–Trinajstić information content (AvgIpc) is 2.74. The van der Waals surface area contributed by atoms with Crippen LogP contribution in [-0.4, -0.2) is 21.3 Å². The molecule has 2 N–H and O–H groups in total. The summed E-state index contributed by atoms with van der Waals surface area (Å²) in [5.74, 6) is 1.05. The molecule has 0 atom stereocenters. The summed E-state index contributed by atoms with van der Waals surface area (Å²) in [7, 11) is 1.79. The van der Waals surface area contributed by atoms with Gasteiger partial charge < -0.3 is 10.5 Å². The van der Waals surface area contributed by atoms with Gasteiger partial charge >= 0.3 is 0 Å². The lowest BCUT2D eigenvalue weighted by atomic mass is 10.1. The van der Waals surface area contributed by atoms with Crippen molar-refractivity contribution in [2.45, 2.75) is 13.0 Å². The van der Waals surface area contributed by atoms with Gasteiger partial charge in [-0.25, -0.2) is 9.37 Å². The van der Waals surface area contributed by atoms with Crippen LogP contribution in [0.2, 0.25) is 0 Å². The summed E-state index contributed by atoms with van der Waals surface area (Å²) >= 11 is 0. The van der Waals surface area contributed by atoms with Crippen LogP contribution in [0.5, 0.6) is 5.75 Å². The van der Waals surface area contributed by atoms with Gasteiger partial charge in [0.15, 0.2) is 5.82 Å². The first-order valence-corrected chi connectivity index (χ1v) is 5.65. The molecule has 1 heterocycles. The van der Waals surface area contributed by atoms with E-state index >= 15 is 0 Å². The zero-order valence-electron chi connectivity index (χ0n) is 10.1. The molecule has 2 rings (SSSR count). The molecule has 18 heavy (non-hydrogen) atoms. The maximum atomic E-state index is 13.1. The molecular weight excluding hydrogens is 235 g/mol. The van der Waals surface area contributed by atoms with Crippen LogP contribution in [-0.2, 0) is 20.1 Å². The normalized spacial score (nSPS) is 10.6. The number of benzene rings is 1. The van der Waals surface area contributed by atoms with Crippen LogP contribution in [0.1, 0.15) is 11.4 Å². The minimum atomic E-state index is -0.288. The molecule has 1 aromatic carbocycles. The second-order valence-corrected chi connectivity index (χ2v) is 3.88. The molecule has 96 valence electrons. The molecule has 0 aliphatic carbocycles. The third-order valence-electron chi connectivity index (χ3n) is 2.60. The molecule has 0 spiro atoms. The van der Waals surface area contributed by atoms with Crippen LogP contribution in [0.4, 0.5) is 4.39 Å². The highest BCUT2D eigenvalue weighted by Crippen LogP contribution is 2.20. The monoisotopic (exact) mass is 250 g/mol. The molecule has 0 saturated carbocycles. The predicted octanol–water partition coefficient (Wildman–Crippen LogP) is 1.03. The number of hydrogen-bond donors (Lipinski definition) is 1. The van der Waals surface area contributed by atoms with Crippen LogP contribution < -0.4 is 10.5 Å². The van der Waals surface area contributed by atoms with Crippen molar-refractivity contribution in [3.63, 3.8) is 0 Å². The first-order chi connectivity index (χ1) is 8.70. The Labute approximate surface area is 104 Å². The second-order valence-electron chi connectivity index (χ2n) is 3.88. The van der Waals surface area contributed by atoms with Gasteiger partial charge in [-0.1, -0.05) is 0 Å². The maximum Gasteiger partial charge on any atom is 0.164 e. The molecule has 0 radical (unpaired) electrons. The van der Waals surface area contributed by atoms with E-state index in [-0.39, 0.29) is 5.82 Å². The summed E-state index contributed by atoms with van der Waals surface area (Å²) in [5.41, 5.74) is 6.25. The molecule has 0 bridgehead atoms. The summed E-state index contributed by atoms with van der Waals surface area (Å²) in [6.07, 6.45) is 2.04. The van der Waals surface area contributed by atoms with Gasteiger partial charge in [-0.15, -0.1) is 0 Å². The minimum absolute atomic E-state index is 0.288. The van der Waals surface area contributed by atoms with E-state index in [4.69, 9.17) is 10.5 Å². The molecule has 1 aromatic heterocycles. The Balaban J connectivity index is 2.11. The molecule has 0 fully saturated rings. The van der Waals surface area contributed by atoms with Crippen molar-refractivity contribution >= 4 is 0 Å². The fourth-order valence-electron chi connectivity index (χ4n) is 1.63. The van der Waals surface area contributed by atoms with E-state index in [1.807, 2.05) is 0 Å². The molecular formula is C12H15FN4O. The van der Waals surface area contributed by atoms with Crippen molar-refractivity contribution in [3.8, 4) is 5.75 Å². The van der Waals surface area contributed by atoms with Crippen molar-refractivity contribution in [1.29, 1.82) is 0 Å². The van der Waals surface area contributed by atoms with Crippen molar-refractivity contribution in [3.05, 3.63) is 41.7 Å². The lowest BCUT2D eigenvalue weighted by molar-refractivity contribution is 0.286. The van der Waals surface area contributed by atoms with Crippen molar-refractivity contribution in [1.82, 2.24) is 14.8 Å². The lowest BCUT2D eigenvalue weighted by Gasteiger charge is -2.10. The quantitative estimate of drug-likeness (QED) is 0.861. The maximum absolute atomic E-state index is 13.1. The smallest absolute Gasteiger partial charge is 0.164 e. The van der Waals surface area contributed by atoms with E-state index in [1.165, 1.54) is 18.5 Å². The van der Waals surface area contributed by atoms with E-state index in [2.05, 4.69) is 10.1 Å². The summed E-state index contributed by atoms with van der Waals surface area (Å²) in [6.45, 7) is 0.740. The van der Waals surface area contributed by atoms with Crippen molar-refractivity contribution in [2.24, 2.45) is 12.8 Å². The van der Waals surface area contributed by atoms with Crippen molar-refractivity contribution < 1.29 is 9.13 Å². The fourth-order valence-corrected chi connectivity index (χ4v) is 1.63. The van der Waals surface area contributed by atoms with E-state index in [1.54, 1.807) is 17.8 Å². The Kier molecular flexibility index (Phi) is 3.88. The number of nitrogens with two attached hydrogens (primary N) is 1. The first-order valence-electron chi connectivity index (χ1n) is 5.65. The van der Waals surface area contributed by atoms with Gasteiger partial charge in [-0.2, -0.15) is 5.10 Å². The summed E-state index contributed by atoms with van der Waals surface area (Å²) in [5, 5.41) is 3.95. The fraction of sp³-hybridized carbons (Fsp3) is 0.333. The largest absolute Gasteiger partial charge is 0.485 e. The number of nitrogens with zero attached hydrogens (tertiary/aromatic N) is 3. The predicted molar refractivity (Wildman–Crippen MR) is 64.5 cm³/mol. The van der Waals surface area contributed by atoms with Gasteiger partial charge in [0, 0.05) is 7.05 Å². The van der Waals surface area contributed by atoms with Crippen molar-refractivity contribution in [2.75, 3.05) is 6.54 Å². The summed E-state index contributed by atoms with van der Waals surface area (Å²) in [6, 6.07) is 4.42. The first kappa shape index (κ1) is 12.5. The Morgan fingerprint density at radius 3 is 2.94 bits per heavy atom. The standard InChI is InChI=1S/C12H15FN4O/c1-17-12(15-8-16-17)7-18-11-3-2-10(13)6-9(11)4-5-14/h2-3,6,8H,4-5,7,14H2,1H3. The molecule has 2 aromatic rings. The van der Waals surface area contributed by atoms with Crippen LogP contribution in [0, 0.1) is 5.82 Å². The van der Waals surface area contributed by atoms with E-state index in [0.29, 0.717) is 31.1 Å². The Bertz CT molecular complexity index is 527. The SMILES string of the molecule is Cn1ncnc1COc1ccc(F)cc1CCN. The van der Waals surface area contributed by atoms with E-state index in [0.717, 1.165) is 5.56 Å². The molecule has 0 aliphatic heterocycles. The van der Waals surface area contributed by atoms with Gasteiger partial charge in [-0.3, -0.25) is 4.68 Å². The van der Waals surface area contributed by atoms with Crippen LogP contribution >= 0.6 is 0 Å². The lowest BCUT2D eigenvalue weighted by Crippen LogP contribution is -2.08. The third kappa shape index (κ3) is 2.84. The number of hydrogen-bond acceptors (Lipinski definition) is 4. The van der Waals surface area contributed by atoms with Gasteiger partial charge in [0.1, 0.15) is 24.5 Å². The highest BCUT2D eigenvalue weighted by Gasteiger charge is 2.07. The number of rotatable bonds is 5. The van der Waals surface area contributed by atoms with E-state index in [9.17, 15) is 4.39 Å². The number of ether oxygens (including phenoxy) is 1. The van der Waals surface area contributed by atoms with Crippen LogP contribution in [0.25, 0.3) is 0 Å². The average molecular weight is 250 g/mol. The molecule has 0 unspecified atom stereocenters. The highest BCUT2D eigenvalue weighted by molar-refractivity contribution is 5.34. The number of aryl methyl sites for hydroxylation is 1. The zero-order valence-corrected chi connectivity index (χ0v) is 10.1. The zero-order chi connectivity index (χ0) is 13.0. The Morgan fingerprint density at radius 2 is 2.28 bits per heavy atom.